The molecule has 1 aromatic rings. The van der Waals surface area contributed by atoms with Crippen LogP contribution in [-0.2, 0) is 11.3 Å². The van der Waals surface area contributed by atoms with E-state index in [4.69, 9.17) is 15.2 Å². The summed E-state index contributed by atoms with van der Waals surface area (Å²) in [5.41, 5.74) is 6.65. The van der Waals surface area contributed by atoms with E-state index in [1.807, 2.05) is 6.07 Å². The van der Waals surface area contributed by atoms with E-state index in [1.54, 1.807) is 7.11 Å². The molecule has 1 aliphatic rings. The normalized spacial score (nSPS) is 17.7. The number of likely N-dealkylation sites (tertiary alicyclic amines) is 1. The van der Waals surface area contributed by atoms with E-state index >= 15 is 0 Å². The third-order valence-corrected chi connectivity index (χ3v) is 4.73. The first kappa shape index (κ1) is 20.5. The zero-order valence-electron chi connectivity index (χ0n) is 16.1. The molecule has 1 amide bonds. The largest absolute Gasteiger partial charge is 0.493 e. The summed E-state index contributed by atoms with van der Waals surface area (Å²) in [6.45, 7) is 5.76. The van der Waals surface area contributed by atoms with Crippen LogP contribution in [0.5, 0.6) is 11.5 Å². The Labute approximate surface area is 157 Å². The third kappa shape index (κ3) is 6.18. The van der Waals surface area contributed by atoms with Crippen LogP contribution < -0.4 is 20.5 Å². The predicted octanol–water partition coefficient (Wildman–Crippen LogP) is 2.30. The van der Waals surface area contributed by atoms with Gasteiger partial charge in [-0.1, -0.05) is 19.4 Å². The van der Waals surface area contributed by atoms with Crippen LogP contribution in [0.1, 0.15) is 44.6 Å². The Morgan fingerprint density at radius 1 is 1.35 bits per heavy atom. The molecule has 26 heavy (non-hydrogen) atoms. The van der Waals surface area contributed by atoms with Gasteiger partial charge in [0.05, 0.1) is 13.7 Å². The van der Waals surface area contributed by atoms with Gasteiger partial charge in [0.25, 0.3) is 0 Å². The van der Waals surface area contributed by atoms with Gasteiger partial charge in [0.1, 0.15) is 0 Å². The molecule has 1 atom stereocenters. The molecule has 1 unspecified atom stereocenters. The van der Waals surface area contributed by atoms with Crippen LogP contribution >= 0.6 is 0 Å². The summed E-state index contributed by atoms with van der Waals surface area (Å²) < 4.78 is 11.2. The van der Waals surface area contributed by atoms with E-state index in [0.717, 1.165) is 37.4 Å². The number of hydrogen-bond acceptors (Lipinski definition) is 5. The van der Waals surface area contributed by atoms with E-state index in [0.29, 0.717) is 32.2 Å². The lowest BCUT2D eigenvalue weighted by Gasteiger charge is -2.36. The van der Waals surface area contributed by atoms with Crippen LogP contribution in [0.25, 0.3) is 0 Å². The summed E-state index contributed by atoms with van der Waals surface area (Å²) in [5.74, 6) is 1.61. The number of benzene rings is 1. The molecule has 2 rings (SSSR count). The van der Waals surface area contributed by atoms with Crippen molar-refractivity contribution >= 4 is 5.91 Å². The molecule has 146 valence electrons. The smallest absolute Gasteiger partial charge is 0.221 e. The first-order valence-corrected chi connectivity index (χ1v) is 9.68. The highest BCUT2D eigenvalue weighted by Crippen LogP contribution is 2.29. The molecule has 6 heteroatoms. The number of ether oxygens (including phenoxy) is 2. The maximum absolute atomic E-state index is 11.7. The number of nitrogens with zero attached hydrogens (tertiary/aromatic N) is 1. The molecule has 0 radical (unpaired) electrons. The van der Waals surface area contributed by atoms with E-state index in [2.05, 4.69) is 29.3 Å². The quantitative estimate of drug-likeness (QED) is 0.667. The molecule has 0 saturated carbocycles. The minimum Gasteiger partial charge on any atom is -0.493 e. The van der Waals surface area contributed by atoms with Gasteiger partial charge in [-0.3, -0.25) is 9.69 Å². The van der Waals surface area contributed by atoms with E-state index in [9.17, 15) is 4.79 Å². The van der Waals surface area contributed by atoms with Crippen LogP contribution in [0.15, 0.2) is 18.2 Å². The molecule has 6 nitrogen and oxygen atoms in total. The fourth-order valence-corrected chi connectivity index (χ4v) is 3.33. The minimum absolute atomic E-state index is 0.0396. The maximum atomic E-state index is 11.7. The number of piperidine rings is 1. The molecular weight excluding hydrogens is 330 g/mol. The van der Waals surface area contributed by atoms with Gasteiger partial charge in [-0.15, -0.1) is 0 Å². The van der Waals surface area contributed by atoms with Crippen molar-refractivity contribution in [1.29, 1.82) is 0 Å². The van der Waals surface area contributed by atoms with Gasteiger partial charge < -0.3 is 20.5 Å². The Bertz CT molecular complexity index is 565. The molecule has 0 spiro atoms. The molecule has 1 heterocycles. The Hall–Kier alpha value is -1.79. The maximum Gasteiger partial charge on any atom is 0.221 e. The van der Waals surface area contributed by atoms with Crippen LogP contribution in [-0.4, -0.2) is 50.2 Å². The highest BCUT2D eigenvalue weighted by molar-refractivity contribution is 5.76. The van der Waals surface area contributed by atoms with Gasteiger partial charge in [-0.25, -0.2) is 0 Å². The topological polar surface area (TPSA) is 76.8 Å². The number of rotatable bonds is 10. The molecule has 1 fully saturated rings. The highest BCUT2D eigenvalue weighted by atomic mass is 16.5. The number of carbonyl (C=O) groups excluding carboxylic acids is 1. The molecule has 0 aliphatic carbocycles. The Kier molecular flexibility index (Phi) is 8.71. The first-order chi connectivity index (χ1) is 12.7. The second-order valence-corrected chi connectivity index (χ2v) is 6.80. The Balaban J connectivity index is 2.00. The standard InChI is InChI=1S/C20H33N3O3/c1-3-12-26-19-13-16(7-8-18(19)25-2)15-23-11-5-4-6-17(23)14-22-20(24)9-10-21/h7-8,13,17H,3-6,9-12,14-15,21H2,1-2H3,(H,22,24). The molecule has 1 saturated heterocycles. The van der Waals surface area contributed by atoms with Gasteiger partial charge >= 0.3 is 0 Å². The molecule has 3 N–H and O–H groups in total. The average Bonchev–Trinajstić information content (AvgIpc) is 2.66. The molecule has 1 aliphatic heterocycles. The summed E-state index contributed by atoms with van der Waals surface area (Å²) in [4.78, 5) is 14.2. The molecular formula is C20H33N3O3. The lowest BCUT2D eigenvalue weighted by molar-refractivity contribution is -0.121. The second-order valence-electron chi connectivity index (χ2n) is 6.80. The summed E-state index contributed by atoms with van der Waals surface area (Å²) in [5, 5.41) is 3.02. The van der Waals surface area contributed by atoms with Gasteiger partial charge in [0.15, 0.2) is 11.5 Å². The van der Waals surface area contributed by atoms with Crippen LogP contribution in [0.4, 0.5) is 0 Å². The zero-order chi connectivity index (χ0) is 18.8. The van der Waals surface area contributed by atoms with Gasteiger partial charge in [-0.05, 0) is 43.5 Å². The Morgan fingerprint density at radius 2 is 2.19 bits per heavy atom. The van der Waals surface area contributed by atoms with Crippen molar-refractivity contribution in [1.82, 2.24) is 10.2 Å². The summed E-state index contributed by atoms with van der Waals surface area (Å²) in [7, 11) is 1.67. The van der Waals surface area contributed by atoms with Crippen molar-refractivity contribution in [2.45, 2.75) is 51.6 Å². The van der Waals surface area contributed by atoms with Gasteiger partial charge in [0, 0.05) is 32.1 Å². The van der Waals surface area contributed by atoms with Crippen LogP contribution in [0, 0.1) is 0 Å². The second kappa shape index (κ2) is 11.0. The average molecular weight is 364 g/mol. The number of methoxy groups -OCH3 is 1. The van der Waals surface area contributed by atoms with E-state index in [1.165, 1.54) is 18.4 Å². The van der Waals surface area contributed by atoms with E-state index in [-0.39, 0.29) is 5.91 Å². The fourth-order valence-electron chi connectivity index (χ4n) is 3.33. The van der Waals surface area contributed by atoms with Crippen molar-refractivity contribution in [2.24, 2.45) is 5.73 Å². The van der Waals surface area contributed by atoms with Crippen molar-refractivity contribution in [3.8, 4) is 11.5 Å². The van der Waals surface area contributed by atoms with Crippen LogP contribution in [0.3, 0.4) is 0 Å². The molecule has 1 aromatic carbocycles. The lowest BCUT2D eigenvalue weighted by Crippen LogP contribution is -2.46. The van der Waals surface area contributed by atoms with Crippen molar-refractivity contribution in [2.75, 3.05) is 33.4 Å². The number of hydrogen-bond donors (Lipinski definition) is 2. The molecule has 0 bridgehead atoms. The number of carbonyl (C=O) groups is 1. The van der Waals surface area contributed by atoms with Crippen molar-refractivity contribution in [3.05, 3.63) is 23.8 Å². The monoisotopic (exact) mass is 363 g/mol. The fraction of sp³-hybridized carbons (Fsp3) is 0.650. The van der Waals surface area contributed by atoms with E-state index < -0.39 is 0 Å². The number of nitrogens with two attached hydrogens (primary N) is 1. The predicted molar refractivity (Wildman–Crippen MR) is 104 cm³/mol. The minimum atomic E-state index is 0.0396. The zero-order valence-corrected chi connectivity index (χ0v) is 16.1. The Morgan fingerprint density at radius 3 is 2.92 bits per heavy atom. The van der Waals surface area contributed by atoms with Gasteiger partial charge in [-0.2, -0.15) is 0 Å². The number of nitrogens with one attached hydrogen (secondary N) is 1. The number of amides is 1. The van der Waals surface area contributed by atoms with Crippen LogP contribution in [0.2, 0.25) is 0 Å². The van der Waals surface area contributed by atoms with Crippen molar-refractivity contribution < 1.29 is 14.3 Å². The third-order valence-electron chi connectivity index (χ3n) is 4.73. The molecule has 0 aromatic heterocycles. The summed E-state index contributed by atoms with van der Waals surface area (Å²) >= 11 is 0. The lowest BCUT2D eigenvalue weighted by atomic mass is 10.0. The summed E-state index contributed by atoms with van der Waals surface area (Å²) in [6.07, 6.45) is 4.87. The van der Waals surface area contributed by atoms with Gasteiger partial charge in [0.2, 0.25) is 5.91 Å². The van der Waals surface area contributed by atoms with Crippen molar-refractivity contribution in [3.63, 3.8) is 0 Å². The summed E-state index contributed by atoms with van der Waals surface area (Å²) in [6, 6.07) is 6.51. The first-order valence-electron chi connectivity index (χ1n) is 9.68. The SMILES string of the molecule is CCCOc1cc(CN2CCCCC2CNC(=O)CCN)ccc1OC. The highest BCUT2D eigenvalue weighted by Gasteiger charge is 2.23.